The zero-order valence-corrected chi connectivity index (χ0v) is 14.1. The van der Waals surface area contributed by atoms with Gasteiger partial charge in [0, 0.05) is 5.69 Å². The van der Waals surface area contributed by atoms with Crippen LogP contribution in [0.5, 0.6) is 0 Å². The van der Waals surface area contributed by atoms with E-state index in [2.05, 4.69) is 5.32 Å². The Morgan fingerprint density at radius 1 is 1.00 bits per heavy atom. The zero-order chi connectivity index (χ0) is 17.3. The molecule has 5 nitrogen and oxygen atoms in total. The fourth-order valence-electron chi connectivity index (χ4n) is 2.47. The van der Waals surface area contributed by atoms with Gasteiger partial charge in [-0.1, -0.05) is 12.1 Å². The highest BCUT2D eigenvalue weighted by Gasteiger charge is 2.36. The van der Waals surface area contributed by atoms with E-state index in [1.807, 2.05) is 13.2 Å². The lowest BCUT2D eigenvalue weighted by Crippen LogP contribution is -2.29. The van der Waals surface area contributed by atoms with Crippen molar-refractivity contribution in [3.05, 3.63) is 59.7 Å². The van der Waals surface area contributed by atoms with Crippen molar-refractivity contribution in [2.45, 2.75) is 12.2 Å². The summed E-state index contributed by atoms with van der Waals surface area (Å²) in [7, 11) is 0. The lowest BCUT2D eigenvalue weighted by Gasteiger charge is -2.15. The number of rotatable bonds is 4. The number of benzene rings is 2. The van der Waals surface area contributed by atoms with Gasteiger partial charge in [0.25, 0.3) is 11.8 Å². The summed E-state index contributed by atoms with van der Waals surface area (Å²) in [5, 5.41) is 2.65. The third-order valence-corrected chi connectivity index (χ3v) is 4.83. The Morgan fingerprint density at radius 3 is 2.04 bits per heavy atom. The quantitative estimate of drug-likeness (QED) is 0.868. The smallest absolute Gasteiger partial charge is 0.266 e. The Hall–Kier alpha value is -2.60. The van der Waals surface area contributed by atoms with Crippen LogP contribution >= 0.6 is 11.8 Å². The van der Waals surface area contributed by atoms with Crippen LogP contribution in [0.25, 0.3) is 0 Å². The number of carbonyl (C=O) groups is 3. The predicted molar refractivity (Wildman–Crippen MR) is 95.6 cm³/mol. The van der Waals surface area contributed by atoms with Crippen LogP contribution in [0.2, 0.25) is 0 Å². The predicted octanol–water partition coefficient (Wildman–Crippen LogP) is 3.18. The first-order chi connectivity index (χ1) is 11.5. The van der Waals surface area contributed by atoms with Crippen LogP contribution in [0, 0.1) is 0 Å². The molecule has 6 heteroatoms. The van der Waals surface area contributed by atoms with E-state index in [1.54, 1.807) is 48.5 Å². The van der Waals surface area contributed by atoms with Crippen molar-refractivity contribution < 1.29 is 14.4 Å². The van der Waals surface area contributed by atoms with Gasteiger partial charge in [-0.3, -0.25) is 14.4 Å². The summed E-state index contributed by atoms with van der Waals surface area (Å²) in [4.78, 5) is 37.9. The largest absolute Gasteiger partial charge is 0.325 e. The molecule has 1 unspecified atom stereocenters. The van der Waals surface area contributed by atoms with E-state index < -0.39 is 0 Å². The number of nitrogens with zero attached hydrogens (tertiary/aromatic N) is 1. The molecule has 2 aromatic carbocycles. The molecule has 1 heterocycles. The fourth-order valence-corrected chi connectivity index (χ4v) is 2.74. The van der Waals surface area contributed by atoms with Crippen LogP contribution < -0.4 is 10.2 Å². The number of nitrogens with one attached hydrogen (secondary N) is 1. The normalized spacial score (nSPS) is 14.5. The van der Waals surface area contributed by atoms with Gasteiger partial charge in [0.1, 0.15) is 0 Å². The molecule has 3 rings (SSSR count). The van der Waals surface area contributed by atoms with Crippen LogP contribution in [0.1, 0.15) is 27.6 Å². The second-order valence-electron chi connectivity index (χ2n) is 5.41. The van der Waals surface area contributed by atoms with Crippen molar-refractivity contribution in [2.24, 2.45) is 0 Å². The van der Waals surface area contributed by atoms with Crippen molar-refractivity contribution in [2.75, 3.05) is 16.5 Å². The molecule has 0 saturated heterocycles. The van der Waals surface area contributed by atoms with Crippen LogP contribution in [0.4, 0.5) is 11.4 Å². The summed E-state index contributed by atoms with van der Waals surface area (Å²) >= 11 is 1.46. The van der Waals surface area contributed by atoms with Gasteiger partial charge in [-0.15, -0.1) is 0 Å². The topological polar surface area (TPSA) is 66.5 Å². The molecule has 0 bridgehead atoms. The van der Waals surface area contributed by atoms with Crippen molar-refractivity contribution >= 4 is 40.9 Å². The first-order valence-corrected chi connectivity index (χ1v) is 8.73. The Morgan fingerprint density at radius 2 is 1.54 bits per heavy atom. The number of amides is 3. The summed E-state index contributed by atoms with van der Waals surface area (Å²) in [6, 6.07) is 13.4. The number of fused-ring (bicyclic) bond motifs is 1. The molecule has 2 aromatic rings. The fraction of sp³-hybridized carbons (Fsp3) is 0.167. The SMILES string of the molecule is CSC(C)C(=O)Nc1ccc(N2C(=O)c3ccccc3C2=O)cc1. The van der Waals surface area contributed by atoms with Crippen molar-refractivity contribution in [1.29, 1.82) is 0 Å². The van der Waals surface area contributed by atoms with E-state index in [9.17, 15) is 14.4 Å². The van der Waals surface area contributed by atoms with Gasteiger partial charge in [-0.05, 0) is 49.6 Å². The van der Waals surface area contributed by atoms with Gasteiger partial charge in [0.2, 0.25) is 5.91 Å². The molecule has 24 heavy (non-hydrogen) atoms. The van der Waals surface area contributed by atoms with Crippen molar-refractivity contribution in [3.8, 4) is 0 Å². The summed E-state index contributed by atoms with van der Waals surface area (Å²) in [6.45, 7) is 1.83. The second kappa shape index (κ2) is 6.49. The lowest BCUT2D eigenvalue weighted by atomic mass is 10.1. The number of carbonyl (C=O) groups excluding carboxylic acids is 3. The van der Waals surface area contributed by atoms with Gasteiger partial charge in [-0.25, -0.2) is 4.90 Å². The molecule has 122 valence electrons. The van der Waals surface area contributed by atoms with Crippen LogP contribution in [-0.2, 0) is 4.79 Å². The highest BCUT2D eigenvalue weighted by Crippen LogP contribution is 2.29. The van der Waals surface area contributed by atoms with E-state index in [4.69, 9.17) is 0 Å². The summed E-state index contributed by atoms with van der Waals surface area (Å²) < 4.78 is 0. The number of hydrogen-bond donors (Lipinski definition) is 1. The summed E-state index contributed by atoms with van der Waals surface area (Å²) in [5.74, 6) is -0.747. The van der Waals surface area contributed by atoms with E-state index in [1.165, 1.54) is 11.8 Å². The molecule has 1 aliphatic heterocycles. The zero-order valence-electron chi connectivity index (χ0n) is 13.3. The van der Waals surface area contributed by atoms with E-state index in [0.717, 1.165) is 4.90 Å². The monoisotopic (exact) mass is 340 g/mol. The molecule has 0 aliphatic carbocycles. The Labute approximate surface area is 144 Å². The average Bonchev–Trinajstić information content (AvgIpc) is 2.86. The van der Waals surface area contributed by atoms with Gasteiger partial charge in [-0.2, -0.15) is 11.8 Å². The summed E-state index contributed by atoms with van der Waals surface area (Å²) in [6.07, 6.45) is 1.87. The van der Waals surface area contributed by atoms with Crippen LogP contribution in [0.15, 0.2) is 48.5 Å². The number of anilines is 2. The molecule has 1 N–H and O–H groups in total. The maximum absolute atomic E-state index is 12.4. The lowest BCUT2D eigenvalue weighted by molar-refractivity contribution is -0.115. The first-order valence-electron chi connectivity index (χ1n) is 7.44. The summed E-state index contributed by atoms with van der Waals surface area (Å²) in [5.41, 5.74) is 1.93. The minimum Gasteiger partial charge on any atom is -0.325 e. The minimum absolute atomic E-state index is 0.0871. The number of imide groups is 1. The Bertz CT molecular complexity index is 782. The molecule has 0 aromatic heterocycles. The van der Waals surface area contributed by atoms with Crippen molar-refractivity contribution in [3.63, 3.8) is 0 Å². The van der Waals surface area contributed by atoms with Crippen LogP contribution in [0.3, 0.4) is 0 Å². The maximum atomic E-state index is 12.4. The molecule has 3 amide bonds. The third-order valence-electron chi connectivity index (χ3n) is 3.91. The number of thioether (sulfide) groups is 1. The van der Waals surface area contributed by atoms with Gasteiger partial charge in [0.15, 0.2) is 0 Å². The molecular formula is C18H16N2O3S. The molecule has 0 radical (unpaired) electrons. The first kappa shape index (κ1) is 16.3. The highest BCUT2D eigenvalue weighted by molar-refractivity contribution is 7.99. The van der Waals surface area contributed by atoms with Gasteiger partial charge < -0.3 is 5.32 Å². The standard InChI is InChI=1S/C18H16N2O3S/c1-11(24-2)16(21)19-12-7-9-13(10-8-12)20-17(22)14-5-3-4-6-15(14)18(20)23/h3-11H,1-2H3,(H,19,21). The average molecular weight is 340 g/mol. The van der Waals surface area contributed by atoms with E-state index in [-0.39, 0.29) is 23.0 Å². The Kier molecular flexibility index (Phi) is 4.40. The van der Waals surface area contributed by atoms with E-state index >= 15 is 0 Å². The number of hydrogen-bond acceptors (Lipinski definition) is 4. The Balaban J connectivity index is 1.81. The van der Waals surface area contributed by atoms with Crippen LogP contribution in [-0.4, -0.2) is 29.2 Å². The molecular weight excluding hydrogens is 324 g/mol. The third kappa shape index (κ3) is 2.80. The molecule has 1 atom stereocenters. The second-order valence-corrected chi connectivity index (χ2v) is 6.58. The minimum atomic E-state index is -0.330. The van der Waals surface area contributed by atoms with Crippen molar-refractivity contribution in [1.82, 2.24) is 0 Å². The molecule has 0 saturated carbocycles. The van der Waals surface area contributed by atoms with Gasteiger partial charge >= 0.3 is 0 Å². The highest BCUT2D eigenvalue weighted by atomic mass is 32.2. The molecule has 0 spiro atoms. The van der Waals surface area contributed by atoms with Gasteiger partial charge in [0.05, 0.1) is 22.1 Å². The maximum Gasteiger partial charge on any atom is 0.266 e. The molecule has 0 fully saturated rings. The van der Waals surface area contributed by atoms with E-state index in [0.29, 0.717) is 22.5 Å². The molecule has 1 aliphatic rings.